The van der Waals surface area contributed by atoms with Gasteiger partial charge in [-0.1, -0.05) is 13.3 Å². The first kappa shape index (κ1) is 13.3. The number of nitrogens with zero attached hydrogens (tertiary/aromatic N) is 2. The minimum absolute atomic E-state index is 0.349. The summed E-state index contributed by atoms with van der Waals surface area (Å²) < 4.78 is 0. The Morgan fingerprint density at radius 2 is 1.76 bits per heavy atom. The fourth-order valence-electron chi connectivity index (χ4n) is 3.37. The third-order valence-corrected chi connectivity index (χ3v) is 4.45. The standard InChI is InChI=1S/C14H28N2O/c1-2-3-8-15-9-4-6-13(15)11-16-10-5-7-14(16)12-17/h13-14,17H,2-12H2,1H3. The van der Waals surface area contributed by atoms with E-state index in [9.17, 15) is 5.11 Å². The summed E-state index contributed by atoms with van der Waals surface area (Å²) in [7, 11) is 0. The first-order valence-electron chi connectivity index (χ1n) is 7.44. The van der Waals surface area contributed by atoms with Gasteiger partial charge in [-0.25, -0.2) is 0 Å². The van der Waals surface area contributed by atoms with Gasteiger partial charge < -0.3 is 5.11 Å². The molecule has 0 aromatic carbocycles. The van der Waals surface area contributed by atoms with E-state index >= 15 is 0 Å². The first-order chi connectivity index (χ1) is 8.35. The molecule has 100 valence electrons. The molecule has 2 unspecified atom stereocenters. The molecule has 0 spiro atoms. The van der Waals surface area contributed by atoms with Gasteiger partial charge in [0.2, 0.25) is 0 Å². The fourth-order valence-corrected chi connectivity index (χ4v) is 3.37. The average molecular weight is 240 g/mol. The van der Waals surface area contributed by atoms with Crippen LogP contribution in [0.15, 0.2) is 0 Å². The van der Waals surface area contributed by atoms with E-state index in [1.807, 2.05) is 0 Å². The van der Waals surface area contributed by atoms with E-state index in [0.717, 1.165) is 6.04 Å². The number of hydrogen-bond donors (Lipinski definition) is 1. The summed E-state index contributed by atoms with van der Waals surface area (Å²) in [6.07, 6.45) is 7.82. The molecule has 2 atom stereocenters. The predicted octanol–water partition coefficient (Wildman–Crippen LogP) is 1.71. The predicted molar refractivity (Wildman–Crippen MR) is 71.2 cm³/mol. The van der Waals surface area contributed by atoms with Gasteiger partial charge in [0, 0.05) is 18.6 Å². The third kappa shape index (κ3) is 3.43. The van der Waals surface area contributed by atoms with Gasteiger partial charge >= 0.3 is 0 Å². The zero-order valence-electron chi connectivity index (χ0n) is 11.3. The van der Waals surface area contributed by atoms with Crippen LogP contribution in [0, 0.1) is 0 Å². The molecule has 2 saturated heterocycles. The molecule has 2 aliphatic rings. The van der Waals surface area contributed by atoms with Crippen LogP contribution in [-0.4, -0.2) is 59.8 Å². The second-order valence-corrected chi connectivity index (χ2v) is 5.66. The van der Waals surface area contributed by atoms with Gasteiger partial charge in [-0.15, -0.1) is 0 Å². The van der Waals surface area contributed by atoms with E-state index in [0.29, 0.717) is 12.6 Å². The monoisotopic (exact) mass is 240 g/mol. The first-order valence-corrected chi connectivity index (χ1v) is 7.44. The molecular formula is C14H28N2O. The van der Waals surface area contributed by atoms with Crippen molar-refractivity contribution < 1.29 is 5.11 Å². The molecule has 0 bridgehead atoms. The summed E-state index contributed by atoms with van der Waals surface area (Å²) in [6.45, 7) is 7.58. The summed E-state index contributed by atoms with van der Waals surface area (Å²) >= 11 is 0. The third-order valence-electron chi connectivity index (χ3n) is 4.45. The summed E-state index contributed by atoms with van der Waals surface area (Å²) in [4.78, 5) is 5.20. The Morgan fingerprint density at radius 3 is 2.47 bits per heavy atom. The van der Waals surface area contributed by atoms with Crippen molar-refractivity contribution in [2.75, 3.05) is 32.8 Å². The SMILES string of the molecule is CCCCN1CCCC1CN1CCCC1CO. The van der Waals surface area contributed by atoms with Crippen LogP contribution in [-0.2, 0) is 0 Å². The molecule has 1 N–H and O–H groups in total. The fraction of sp³-hybridized carbons (Fsp3) is 1.00. The molecule has 0 aromatic rings. The topological polar surface area (TPSA) is 26.7 Å². The smallest absolute Gasteiger partial charge is 0.0586 e. The van der Waals surface area contributed by atoms with Crippen LogP contribution in [0.3, 0.4) is 0 Å². The highest BCUT2D eigenvalue weighted by atomic mass is 16.3. The molecule has 0 radical (unpaired) electrons. The van der Waals surface area contributed by atoms with Crippen molar-refractivity contribution in [3.63, 3.8) is 0 Å². The zero-order valence-corrected chi connectivity index (χ0v) is 11.3. The van der Waals surface area contributed by atoms with E-state index in [-0.39, 0.29) is 0 Å². The minimum atomic E-state index is 0.349. The summed E-state index contributed by atoms with van der Waals surface area (Å²) in [5, 5.41) is 9.36. The van der Waals surface area contributed by atoms with E-state index in [2.05, 4.69) is 16.7 Å². The number of hydrogen-bond acceptors (Lipinski definition) is 3. The van der Waals surface area contributed by atoms with Crippen molar-refractivity contribution in [2.24, 2.45) is 0 Å². The van der Waals surface area contributed by atoms with Crippen LogP contribution in [0.1, 0.15) is 45.4 Å². The van der Waals surface area contributed by atoms with Crippen LogP contribution in [0.25, 0.3) is 0 Å². The molecule has 2 fully saturated rings. The van der Waals surface area contributed by atoms with Crippen LogP contribution in [0.5, 0.6) is 0 Å². The Labute approximate surface area is 106 Å². The van der Waals surface area contributed by atoms with E-state index in [1.165, 1.54) is 64.7 Å². The van der Waals surface area contributed by atoms with Gasteiger partial charge in [-0.2, -0.15) is 0 Å². The number of likely N-dealkylation sites (tertiary alicyclic amines) is 2. The van der Waals surface area contributed by atoms with Crippen LogP contribution in [0.2, 0.25) is 0 Å². The molecular weight excluding hydrogens is 212 g/mol. The van der Waals surface area contributed by atoms with Gasteiger partial charge in [-0.05, 0) is 51.7 Å². The molecule has 0 amide bonds. The maximum atomic E-state index is 9.36. The molecule has 3 nitrogen and oxygen atoms in total. The van der Waals surface area contributed by atoms with Crippen molar-refractivity contribution in [1.82, 2.24) is 9.80 Å². The molecule has 0 saturated carbocycles. The molecule has 3 heteroatoms. The maximum Gasteiger partial charge on any atom is 0.0586 e. The lowest BCUT2D eigenvalue weighted by atomic mass is 10.1. The summed E-state index contributed by atoms with van der Waals surface area (Å²) in [5.74, 6) is 0. The van der Waals surface area contributed by atoms with Crippen molar-refractivity contribution in [3.8, 4) is 0 Å². The Balaban J connectivity index is 1.80. The van der Waals surface area contributed by atoms with E-state index < -0.39 is 0 Å². The Morgan fingerprint density at radius 1 is 1.06 bits per heavy atom. The van der Waals surface area contributed by atoms with E-state index in [4.69, 9.17) is 0 Å². The second-order valence-electron chi connectivity index (χ2n) is 5.66. The van der Waals surface area contributed by atoms with Crippen molar-refractivity contribution in [1.29, 1.82) is 0 Å². The van der Waals surface area contributed by atoms with Gasteiger partial charge in [0.05, 0.1) is 6.61 Å². The highest BCUT2D eigenvalue weighted by molar-refractivity contribution is 4.86. The molecule has 2 aliphatic heterocycles. The Bertz CT molecular complexity index is 222. The lowest BCUT2D eigenvalue weighted by Gasteiger charge is -2.31. The van der Waals surface area contributed by atoms with Gasteiger partial charge in [0.1, 0.15) is 0 Å². The lowest BCUT2D eigenvalue weighted by Crippen LogP contribution is -2.43. The lowest BCUT2D eigenvalue weighted by molar-refractivity contribution is 0.122. The summed E-state index contributed by atoms with van der Waals surface area (Å²) in [6, 6.07) is 1.21. The van der Waals surface area contributed by atoms with Gasteiger partial charge in [-0.3, -0.25) is 9.80 Å². The molecule has 0 aromatic heterocycles. The van der Waals surface area contributed by atoms with E-state index in [1.54, 1.807) is 0 Å². The number of aliphatic hydroxyl groups excluding tert-OH is 1. The molecule has 17 heavy (non-hydrogen) atoms. The van der Waals surface area contributed by atoms with Crippen molar-refractivity contribution in [2.45, 2.75) is 57.5 Å². The largest absolute Gasteiger partial charge is 0.395 e. The van der Waals surface area contributed by atoms with Gasteiger partial charge in [0.25, 0.3) is 0 Å². The quantitative estimate of drug-likeness (QED) is 0.765. The van der Waals surface area contributed by atoms with Crippen molar-refractivity contribution in [3.05, 3.63) is 0 Å². The minimum Gasteiger partial charge on any atom is -0.395 e. The Kier molecular flexibility index (Phi) is 5.26. The maximum absolute atomic E-state index is 9.36. The molecule has 2 rings (SSSR count). The molecule has 0 aliphatic carbocycles. The Hall–Kier alpha value is -0.120. The highest BCUT2D eigenvalue weighted by Crippen LogP contribution is 2.23. The summed E-state index contributed by atoms with van der Waals surface area (Å²) in [5.41, 5.74) is 0. The van der Waals surface area contributed by atoms with Crippen molar-refractivity contribution >= 4 is 0 Å². The second kappa shape index (κ2) is 6.72. The van der Waals surface area contributed by atoms with Crippen LogP contribution < -0.4 is 0 Å². The molecule has 2 heterocycles. The normalized spacial score (nSPS) is 31.4. The zero-order chi connectivity index (χ0) is 12.1. The van der Waals surface area contributed by atoms with Crippen LogP contribution >= 0.6 is 0 Å². The van der Waals surface area contributed by atoms with Gasteiger partial charge in [0.15, 0.2) is 0 Å². The highest BCUT2D eigenvalue weighted by Gasteiger charge is 2.30. The average Bonchev–Trinajstić information content (AvgIpc) is 2.96. The number of aliphatic hydroxyl groups is 1. The number of rotatable bonds is 6. The van der Waals surface area contributed by atoms with Crippen LogP contribution in [0.4, 0.5) is 0 Å². The number of unbranched alkanes of at least 4 members (excludes halogenated alkanes) is 1.